The van der Waals surface area contributed by atoms with E-state index in [9.17, 15) is 0 Å². The zero-order valence-electron chi connectivity index (χ0n) is 35.9. The van der Waals surface area contributed by atoms with Crippen LogP contribution in [0.2, 0.25) is 0 Å². The van der Waals surface area contributed by atoms with Crippen molar-refractivity contribution in [1.29, 1.82) is 0 Å². The summed E-state index contributed by atoms with van der Waals surface area (Å²) in [6.45, 7) is 0. The molecule has 0 amide bonds. The molecular weight excluding hydrogens is 803 g/mol. The van der Waals surface area contributed by atoms with Crippen LogP contribution in [0.15, 0.2) is 250 Å². The minimum absolute atomic E-state index is 1.02. The lowest BCUT2D eigenvalue weighted by Crippen LogP contribution is -1.91. The topological polar surface area (TPSA) is 64.5 Å². The van der Waals surface area contributed by atoms with Gasteiger partial charge >= 0.3 is 0 Å². The molecule has 5 heteroatoms. The highest BCUT2D eigenvalue weighted by Crippen LogP contribution is 2.39. The molecule has 5 heterocycles. The van der Waals surface area contributed by atoms with E-state index in [1.807, 2.05) is 86.2 Å². The Balaban J connectivity index is 1.05. The Hall–Kier alpha value is -8.93. The summed E-state index contributed by atoms with van der Waals surface area (Å²) in [5, 5.41) is 0. The maximum atomic E-state index is 4.93. The van der Waals surface area contributed by atoms with Gasteiger partial charge in [0, 0.05) is 95.3 Å². The van der Waals surface area contributed by atoms with Crippen molar-refractivity contribution >= 4 is 0 Å². The molecule has 11 rings (SSSR count). The molecule has 0 bridgehead atoms. The van der Waals surface area contributed by atoms with Crippen LogP contribution < -0.4 is 0 Å². The molecule has 66 heavy (non-hydrogen) atoms. The Morgan fingerprint density at radius 2 is 0.333 bits per heavy atom. The Labute approximate surface area is 384 Å². The third kappa shape index (κ3) is 8.57. The van der Waals surface area contributed by atoms with Gasteiger partial charge in [-0.15, -0.1) is 0 Å². The average molecular weight is 844 g/mol. The van der Waals surface area contributed by atoms with Crippen molar-refractivity contribution in [2.24, 2.45) is 0 Å². The molecule has 5 aromatic heterocycles. The molecule has 0 radical (unpaired) electrons. The molecule has 0 saturated heterocycles. The van der Waals surface area contributed by atoms with Gasteiger partial charge < -0.3 is 0 Å². The number of hydrogen-bond donors (Lipinski definition) is 0. The highest BCUT2D eigenvalue weighted by Gasteiger charge is 2.14. The quantitative estimate of drug-likeness (QED) is 0.137. The van der Waals surface area contributed by atoms with Crippen LogP contribution in [-0.4, -0.2) is 24.9 Å². The molecule has 0 aliphatic carbocycles. The number of benzene rings is 6. The number of hydrogen-bond acceptors (Lipinski definition) is 5. The Morgan fingerprint density at radius 3 is 0.576 bits per heavy atom. The predicted octanol–water partition coefficient (Wildman–Crippen LogP) is 15.3. The molecule has 0 unspecified atom stereocenters. The highest BCUT2D eigenvalue weighted by atomic mass is 14.6. The Kier molecular flexibility index (Phi) is 10.9. The van der Waals surface area contributed by atoms with Crippen LogP contribution in [0.3, 0.4) is 0 Å². The first kappa shape index (κ1) is 39.9. The Morgan fingerprint density at radius 1 is 0.152 bits per heavy atom. The smallest absolute Gasteiger partial charge is 0.0346 e. The third-order valence-corrected chi connectivity index (χ3v) is 12.0. The molecule has 11 aromatic rings. The van der Waals surface area contributed by atoms with Crippen LogP contribution in [0, 0.1) is 0 Å². The Bertz CT molecular complexity index is 3030. The number of rotatable bonds is 10. The number of pyridine rings is 5. The normalized spacial score (nSPS) is 11.0. The van der Waals surface area contributed by atoms with Crippen molar-refractivity contribution in [3.63, 3.8) is 0 Å². The summed E-state index contributed by atoms with van der Waals surface area (Å²) in [7, 11) is 0. The van der Waals surface area contributed by atoms with Crippen molar-refractivity contribution in [1.82, 2.24) is 24.9 Å². The number of nitrogens with zero attached hydrogens (tertiary/aromatic N) is 5. The van der Waals surface area contributed by atoms with Crippen LogP contribution in [0.1, 0.15) is 0 Å². The minimum Gasteiger partial charge on any atom is -0.264 e. The van der Waals surface area contributed by atoms with Crippen LogP contribution in [0.25, 0.3) is 111 Å². The van der Waals surface area contributed by atoms with Gasteiger partial charge in [0.15, 0.2) is 0 Å². The monoisotopic (exact) mass is 843 g/mol. The van der Waals surface area contributed by atoms with E-state index >= 15 is 0 Å². The van der Waals surface area contributed by atoms with Gasteiger partial charge in [-0.25, -0.2) is 0 Å². The van der Waals surface area contributed by atoms with E-state index in [0.29, 0.717) is 0 Å². The second kappa shape index (κ2) is 18.0. The zero-order valence-corrected chi connectivity index (χ0v) is 35.9. The molecule has 0 spiro atoms. The van der Waals surface area contributed by atoms with Crippen molar-refractivity contribution in [2.75, 3.05) is 0 Å². The summed E-state index contributed by atoms with van der Waals surface area (Å²) >= 11 is 0. The summed E-state index contributed by atoms with van der Waals surface area (Å²) < 4.78 is 0. The van der Waals surface area contributed by atoms with E-state index in [1.54, 1.807) is 0 Å². The summed E-state index contributed by atoms with van der Waals surface area (Å²) in [6, 6.07) is 67.1. The highest BCUT2D eigenvalue weighted by molar-refractivity contribution is 5.87. The maximum Gasteiger partial charge on any atom is 0.0346 e. The summed E-state index contributed by atoms with van der Waals surface area (Å²) in [5.41, 5.74) is 21.8. The second-order valence-corrected chi connectivity index (χ2v) is 16.4. The second-order valence-electron chi connectivity index (χ2n) is 16.4. The lowest BCUT2D eigenvalue weighted by Gasteiger charge is -2.15. The fraction of sp³-hybridized carbons (Fsp3) is 0. The summed E-state index contributed by atoms with van der Waals surface area (Å²) in [6.07, 6.45) is 18.8. The molecular formula is C61H41N5. The van der Waals surface area contributed by atoms with Gasteiger partial charge in [0.25, 0.3) is 0 Å². The molecule has 5 nitrogen and oxygen atoms in total. The molecule has 0 aliphatic heterocycles. The van der Waals surface area contributed by atoms with Crippen LogP contribution >= 0.6 is 0 Å². The summed E-state index contributed by atoms with van der Waals surface area (Å²) in [5.74, 6) is 0. The molecule has 0 N–H and O–H groups in total. The van der Waals surface area contributed by atoms with E-state index in [4.69, 9.17) is 4.98 Å². The lowest BCUT2D eigenvalue weighted by atomic mass is 9.90. The third-order valence-electron chi connectivity index (χ3n) is 12.0. The standard InChI is InChI=1S/C61H41N5/c1-9-42(50-17-5-21-62-36-50)25-46(13-1)54-29-55(47-14-2-10-43(26-47)51-18-6-22-63-37-51)32-58(31-54)60-35-61(41-66-40-60)59-33-56(48-15-3-11-44(27-48)52-19-7-23-64-38-52)30-57(34-59)49-16-4-12-45(28-49)53-20-8-24-65-39-53/h1-41H. The van der Waals surface area contributed by atoms with Crippen molar-refractivity contribution in [2.45, 2.75) is 0 Å². The fourth-order valence-electron chi connectivity index (χ4n) is 8.66. The molecule has 6 aromatic carbocycles. The lowest BCUT2D eigenvalue weighted by molar-refractivity contribution is 1.33. The van der Waals surface area contributed by atoms with E-state index < -0.39 is 0 Å². The van der Waals surface area contributed by atoms with Gasteiger partial charge in [0.2, 0.25) is 0 Å². The first-order chi connectivity index (χ1) is 32.7. The van der Waals surface area contributed by atoms with Crippen LogP contribution in [0.5, 0.6) is 0 Å². The molecule has 310 valence electrons. The maximum absolute atomic E-state index is 4.93. The summed E-state index contributed by atoms with van der Waals surface area (Å²) in [4.78, 5) is 22.5. The largest absolute Gasteiger partial charge is 0.264 e. The first-order valence-electron chi connectivity index (χ1n) is 22.0. The molecule has 0 atom stereocenters. The van der Waals surface area contributed by atoms with Gasteiger partial charge in [-0.2, -0.15) is 0 Å². The number of aromatic nitrogens is 5. The minimum atomic E-state index is 1.02. The predicted molar refractivity (Wildman–Crippen MR) is 270 cm³/mol. The van der Waals surface area contributed by atoms with Crippen LogP contribution in [0.4, 0.5) is 0 Å². The van der Waals surface area contributed by atoms with E-state index in [-0.39, 0.29) is 0 Å². The van der Waals surface area contributed by atoms with Crippen molar-refractivity contribution in [3.8, 4) is 111 Å². The van der Waals surface area contributed by atoms with Gasteiger partial charge in [-0.3, -0.25) is 24.9 Å². The average Bonchev–Trinajstić information content (AvgIpc) is 3.42. The van der Waals surface area contributed by atoms with Gasteiger partial charge in [0.1, 0.15) is 0 Å². The van der Waals surface area contributed by atoms with E-state index in [2.05, 4.69) is 184 Å². The van der Waals surface area contributed by atoms with Crippen LogP contribution in [-0.2, 0) is 0 Å². The van der Waals surface area contributed by atoms with E-state index in [0.717, 1.165) is 111 Å². The van der Waals surface area contributed by atoms with Gasteiger partial charge in [0.05, 0.1) is 0 Å². The fourth-order valence-corrected chi connectivity index (χ4v) is 8.66. The van der Waals surface area contributed by atoms with Gasteiger partial charge in [-0.05, 0) is 169 Å². The van der Waals surface area contributed by atoms with Crippen molar-refractivity contribution < 1.29 is 0 Å². The first-order valence-corrected chi connectivity index (χ1v) is 22.0. The van der Waals surface area contributed by atoms with E-state index in [1.165, 1.54) is 0 Å². The van der Waals surface area contributed by atoms with Crippen molar-refractivity contribution in [3.05, 3.63) is 250 Å². The molecule has 0 saturated carbocycles. The zero-order chi connectivity index (χ0) is 44.1. The van der Waals surface area contributed by atoms with Gasteiger partial charge in [-0.1, -0.05) is 97.1 Å². The SMILES string of the molecule is c1cncc(-c2cccc(-c3cc(-c4cccc(-c5cccnc5)c4)cc(-c4cncc(-c5cc(-c6cccc(-c7cccnc7)c6)cc(-c6cccc(-c7cccnc7)c6)c5)c4)c3)c2)c1. The molecule has 0 fully saturated rings. The molecule has 0 aliphatic rings.